The first-order valence-electron chi connectivity index (χ1n) is 8.77. The molecule has 6 nitrogen and oxygen atoms in total. The number of carbonyl (C=O) groups is 1. The van der Waals surface area contributed by atoms with E-state index in [0.29, 0.717) is 32.7 Å². The molecule has 0 aliphatic carbocycles. The number of hydrogen-bond acceptors (Lipinski definition) is 5. The van der Waals surface area contributed by atoms with E-state index >= 15 is 0 Å². The van der Waals surface area contributed by atoms with E-state index in [9.17, 15) is 9.59 Å². The SMILES string of the molecule is Cc1csc2nc(COc3ccc(NC(=O)c4ccccc4Cl)cc3)cc(=O)n12. The van der Waals surface area contributed by atoms with Crippen molar-refractivity contribution in [2.75, 3.05) is 5.32 Å². The van der Waals surface area contributed by atoms with Crippen LogP contribution >= 0.6 is 22.9 Å². The largest absolute Gasteiger partial charge is 0.487 e. The lowest BCUT2D eigenvalue weighted by Gasteiger charge is -2.09. The summed E-state index contributed by atoms with van der Waals surface area (Å²) >= 11 is 7.47. The van der Waals surface area contributed by atoms with Gasteiger partial charge in [0, 0.05) is 22.8 Å². The lowest BCUT2D eigenvalue weighted by molar-refractivity contribution is 0.102. The maximum Gasteiger partial charge on any atom is 0.259 e. The van der Waals surface area contributed by atoms with Crippen molar-refractivity contribution < 1.29 is 9.53 Å². The number of fused-ring (bicyclic) bond motifs is 1. The van der Waals surface area contributed by atoms with Crippen molar-refractivity contribution in [3.05, 3.63) is 92.3 Å². The number of amides is 1. The van der Waals surface area contributed by atoms with Crippen molar-refractivity contribution in [3.8, 4) is 5.75 Å². The van der Waals surface area contributed by atoms with E-state index in [0.717, 1.165) is 5.69 Å². The number of nitrogens with one attached hydrogen (secondary N) is 1. The average Bonchev–Trinajstić information content (AvgIpc) is 3.09. The van der Waals surface area contributed by atoms with Gasteiger partial charge in [-0.2, -0.15) is 0 Å². The molecule has 2 aromatic heterocycles. The Labute approximate surface area is 175 Å². The van der Waals surface area contributed by atoms with E-state index < -0.39 is 0 Å². The maximum atomic E-state index is 12.3. The van der Waals surface area contributed by atoms with E-state index in [4.69, 9.17) is 16.3 Å². The van der Waals surface area contributed by atoms with Crippen LogP contribution in [0, 0.1) is 6.92 Å². The van der Waals surface area contributed by atoms with E-state index in [2.05, 4.69) is 10.3 Å². The van der Waals surface area contributed by atoms with Gasteiger partial charge in [-0.25, -0.2) is 4.98 Å². The molecule has 2 heterocycles. The normalized spacial score (nSPS) is 10.8. The van der Waals surface area contributed by atoms with Crippen molar-refractivity contribution in [2.24, 2.45) is 0 Å². The maximum absolute atomic E-state index is 12.3. The van der Waals surface area contributed by atoms with Gasteiger partial charge in [-0.1, -0.05) is 23.7 Å². The van der Waals surface area contributed by atoms with Crippen molar-refractivity contribution in [1.82, 2.24) is 9.38 Å². The fourth-order valence-electron chi connectivity index (χ4n) is 2.81. The molecule has 8 heteroatoms. The number of carbonyl (C=O) groups excluding carboxylic acids is 1. The molecule has 0 aliphatic rings. The van der Waals surface area contributed by atoms with Crippen molar-refractivity contribution in [2.45, 2.75) is 13.5 Å². The summed E-state index contributed by atoms with van der Waals surface area (Å²) in [7, 11) is 0. The smallest absolute Gasteiger partial charge is 0.259 e. The van der Waals surface area contributed by atoms with Crippen molar-refractivity contribution in [3.63, 3.8) is 0 Å². The summed E-state index contributed by atoms with van der Waals surface area (Å²) in [6.45, 7) is 2.04. The Balaban J connectivity index is 1.42. The zero-order chi connectivity index (χ0) is 20.4. The molecule has 2 aromatic carbocycles. The molecule has 0 saturated heterocycles. The first-order valence-corrected chi connectivity index (χ1v) is 10.0. The zero-order valence-electron chi connectivity index (χ0n) is 15.4. The second-order valence-electron chi connectivity index (χ2n) is 6.33. The fourth-order valence-corrected chi connectivity index (χ4v) is 3.92. The number of thiazole rings is 1. The van der Waals surface area contributed by atoms with Crippen LogP contribution in [0.2, 0.25) is 5.02 Å². The van der Waals surface area contributed by atoms with Gasteiger partial charge in [0.15, 0.2) is 4.96 Å². The Bertz CT molecular complexity index is 1250. The minimum Gasteiger partial charge on any atom is -0.487 e. The van der Waals surface area contributed by atoms with Crippen LogP contribution in [-0.2, 0) is 6.61 Å². The number of aromatic nitrogens is 2. The molecule has 0 aliphatic heterocycles. The van der Waals surface area contributed by atoms with Gasteiger partial charge < -0.3 is 10.1 Å². The summed E-state index contributed by atoms with van der Waals surface area (Å²) in [6, 6.07) is 15.3. The number of hydrogen-bond donors (Lipinski definition) is 1. The van der Waals surface area contributed by atoms with Crippen molar-refractivity contribution in [1.29, 1.82) is 0 Å². The standard InChI is InChI=1S/C21H16ClN3O3S/c1-13-12-29-21-24-15(10-19(26)25(13)21)11-28-16-8-6-14(7-9-16)23-20(27)17-4-2-3-5-18(17)22/h2-10,12H,11H2,1H3,(H,23,27). The quantitative estimate of drug-likeness (QED) is 0.509. The van der Waals surface area contributed by atoms with E-state index in [-0.39, 0.29) is 18.1 Å². The Morgan fingerprint density at radius 2 is 1.97 bits per heavy atom. The summed E-state index contributed by atoms with van der Waals surface area (Å²) < 4.78 is 7.30. The molecule has 0 saturated carbocycles. The highest BCUT2D eigenvalue weighted by molar-refractivity contribution is 7.15. The van der Waals surface area contributed by atoms with Crippen LogP contribution in [0.3, 0.4) is 0 Å². The molecule has 0 fully saturated rings. The molecule has 29 heavy (non-hydrogen) atoms. The lowest BCUT2D eigenvalue weighted by atomic mass is 10.2. The predicted octanol–water partition coefficient (Wildman–Crippen LogP) is 4.55. The number of anilines is 1. The minimum absolute atomic E-state index is 0.120. The second kappa shape index (κ2) is 8.06. The first kappa shape index (κ1) is 19.2. The number of ether oxygens (including phenoxy) is 1. The second-order valence-corrected chi connectivity index (χ2v) is 7.57. The van der Waals surface area contributed by atoms with Crippen LogP contribution in [0.4, 0.5) is 5.69 Å². The highest BCUT2D eigenvalue weighted by Crippen LogP contribution is 2.20. The first-order chi connectivity index (χ1) is 14.0. The van der Waals surface area contributed by atoms with Crippen LogP contribution in [0.25, 0.3) is 4.96 Å². The Morgan fingerprint density at radius 1 is 1.21 bits per heavy atom. The summed E-state index contributed by atoms with van der Waals surface area (Å²) in [5.74, 6) is 0.318. The van der Waals surface area contributed by atoms with Crippen LogP contribution < -0.4 is 15.6 Å². The van der Waals surface area contributed by atoms with Gasteiger partial charge in [-0.05, 0) is 43.3 Å². The molecule has 0 unspecified atom stereocenters. The van der Waals surface area contributed by atoms with Gasteiger partial charge in [0.05, 0.1) is 16.3 Å². The van der Waals surface area contributed by atoms with Gasteiger partial charge in [0.25, 0.3) is 11.5 Å². The molecule has 0 spiro atoms. The van der Waals surface area contributed by atoms with Gasteiger partial charge in [0.1, 0.15) is 12.4 Å². The number of benzene rings is 2. The molecule has 0 bridgehead atoms. The molecule has 1 N–H and O–H groups in total. The highest BCUT2D eigenvalue weighted by atomic mass is 35.5. The van der Waals surface area contributed by atoms with Gasteiger partial charge >= 0.3 is 0 Å². The Morgan fingerprint density at radius 3 is 2.72 bits per heavy atom. The molecule has 1 amide bonds. The van der Waals surface area contributed by atoms with Gasteiger partial charge in [-0.3, -0.25) is 14.0 Å². The monoisotopic (exact) mass is 425 g/mol. The fraction of sp³-hybridized carbons (Fsp3) is 0.0952. The molecule has 146 valence electrons. The van der Waals surface area contributed by atoms with Gasteiger partial charge in [-0.15, -0.1) is 11.3 Å². The Hall–Kier alpha value is -3.16. The topological polar surface area (TPSA) is 72.7 Å². The lowest BCUT2D eigenvalue weighted by Crippen LogP contribution is -2.16. The Kier molecular flexibility index (Phi) is 5.33. The van der Waals surface area contributed by atoms with Crippen LogP contribution in [-0.4, -0.2) is 15.3 Å². The van der Waals surface area contributed by atoms with Crippen LogP contribution in [0.1, 0.15) is 21.7 Å². The third-order valence-corrected chi connectivity index (χ3v) is 5.52. The zero-order valence-corrected chi connectivity index (χ0v) is 17.0. The van der Waals surface area contributed by atoms with E-state index in [1.165, 1.54) is 17.4 Å². The van der Waals surface area contributed by atoms with Gasteiger partial charge in [0.2, 0.25) is 0 Å². The number of nitrogens with zero attached hydrogens (tertiary/aromatic N) is 2. The predicted molar refractivity (Wildman–Crippen MR) is 114 cm³/mol. The minimum atomic E-state index is -0.284. The number of aryl methyl sites for hydroxylation is 1. The van der Waals surface area contributed by atoms with Crippen LogP contribution in [0.15, 0.2) is 64.8 Å². The molecular weight excluding hydrogens is 410 g/mol. The average molecular weight is 426 g/mol. The van der Waals surface area contributed by atoms with E-state index in [1.54, 1.807) is 52.9 Å². The third-order valence-electron chi connectivity index (χ3n) is 4.25. The molecular formula is C21H16ClN3O3S. The molecule has 0 atom stereocenters. The van der Waals surface area contributed by atoms with Crippen LogP contribution in [0.5, 0.6) is 5.75 Å². The summed E-state index contributed by atoms with van der Waals surface area (Å²) in [5, 5.41) is 5.08. The summed E-state index contributed by atoms with van der Waals surface area (Å²) in [6.07, 6.45) is 0. The summed E-state index contributed by atoms with van der Waals surface area (Å²) in [5.41, 5.74) is 2.34. The molecule has 0 radical (unpaired) electrons. The van der Waals surface area contributed by atoms with Crippen molar-refractivity contribution >= 4 is 39.5 Å². The summed E-state index contributed by atoms with van der Waals surface area (Å²) in [4.78, 5) is 29.6. The number of rotatable bonds is 5. The molecule has 4 rings (SSSR count). The van der Waals surface area contributed by atoms with E-state index in [1.807, 2.05) is 12.3 Å². The highest BCUT2D eigenvalue weighted by Gasteiger charge is 2.10. The third kappa shape index (κ3) is 4.16. The number of halogens is 1. The molecule has 4 aromatic rings.